The van der Waals surface area contributed by atoms with Crippen LogP contribution in [0.4, 0.5) is 11.4 Å². The molecule has 0 unspecified atom stereocenters. The maximum Gasteiger partial charge on any atom is 0.335 e. The van der Waals surface area contributed by atoms with Crippen LogP contribution in [-0.2, 0) is 0 Å². The van der Waals surface area contributed by atoms with Crippen LogP contribution < -0.4 is 5.32 Å². The van der Waals surface area contributed by atoms with Crippen LogP contribution in [0, 0.1) is 0 Å². The maximum atomic E-state index is 11.0. The molecule has 5 heteroatoms. The smallest absolute Gasteiger partial charge is 0.335 e. The number of aromatic nitrogens is 1. The van der Waals surface area contributed by atoms with Crippen molar-refractivity contribution in [3.8, 4) is 0 Å². The highest BCUT2D eigenvalue weighted by atomic mass is 79.9. The van der Waals surface area contributed by atoms with Crippen molar-refractivity contribution in [1.82, 2.24) is 4.98 Å². The molecule has 0 aliphatic rings. The number of halogens is 1. The number of carbonyl (C=O) groups is 1. The number of fused-ring (bicyclic) bond motifs is 1. The summed E-state index contributed by atoms with van der Waals surface area (Å²) in [5, 5.41) is 13.3. The summed E-state index contributed by atoms with van der Waals surface area (Å²) in [6.07, 6.45) is 1.72. The van der Waals surface area contributed by atoms with Gasteiger partial charge in [0.25, 0.3) is 0 Å². The first-order chi connectivity index (χ1) is 10.1. The SMILES string of the molecule is O=C(O)c1cccc(Nc2ccnc3cc(Br)ccc23)c1. The number of pyridine rings is 1. The quantitative estimate of drug-likeness (QED) is 0.738. The highest BCUT2D eigenvalue weighted by Crippen LogP contribution is 2.27. The second kappa shape index (κ2) is 5.54. The summed E-state index contributed by atoms with van der Waals surface area (Å²) < 4.78 is 0.965. The molecule has 1 heterocycles. The molecule has 104 valence electrons. The minimum absolute atomic E-state index is 0.251. The van der Waals surface area contributed by atoms with Crippen molar-refractivity contribution in [3.63, 3.8) is 0 Å². The van der Waals surface area contributed by atoms with Gasteiger partial charge in [0.2, 0.25) is 0 Å². The van der Waals surface area contributed by atoms with Crippen LogP contribution in [0.3, 0.4) is 0 Å². The van der Waals surface area contributed by atoms with Crippen molar-refractivity contribution in [2.75, 3.05) is 5.32 Å². The Morgan fingerprint density at radius 2 is 2.00 bits per heavy atom. The van der Waals surface area contributed by atoms with Crippen LogP contribution in [0.2, 0.25) is 0 Å². The molecule has 3 rings (SSSR count). The lowest BCUT2D eigenvalue weighted by molar-refractivity contribution is 0.0697. The van der Waals surface area contributed by atoms with Gasteiger partial charge in [0.1, 0.15) is 0 Å². The van der Waals surface area contributed by atoms with Gasteiger partial charge in [-0.25, -0.2) is 4.79 Å². The average Bonchev–Trinajstić information content (AvgIpc) is 2.47. The second-order valence-electron chi connectivity index (χ2n) is 4.53. The lowest BCUT2D eigenvalue weighted by Gasteiger charge is -2.10. The van der Waals surface area contributed by atoms with E-state index in [4.69, 9.17) is 5.11 Å². The number of nitrogens with one attached hydrogen (secondary N) is 1. The van der Waals surface area contributed by atoms with Crippen LogP contribution >= 0.6 is 15.9 Å². The van der Waals surface area contributed by atoms with Gasteiger partial charge < -0.3 is 10.4 Å². The fourth-order valence-electron chi connectivity index (χ4n) is 2.12. The highest BCUT2D eigenvalue weighted by molar-refractivity contribution is 9.10. The molecule has 0 saturated carbocycles. The Morgan fingerprint density at radius 1 is 1.14 bits per heavy atom. The first-order valence-corrected chi connectivity index (χ1v) is 7.07. The Hall–Kier alpha value is -2.40. The normalized spacial score (nSPS) is 10.5. The first kappa shape index (κ1) is 13.6. The number of carboxylic acids is 1. The zero-order chi connectivity index (χ0) is 14.8. The number of hydrogen-bond acceptors (Lipinski definition) is 3. The number of carboxylic acid groups (broad SMARTS) is 1. The summed E-state index contributed by atoms with van der Waals surface area (Å²) >= 11 is 3.42. The van der Waals surface area contributed by atoms with Crippen LogP contribution in [0.1, 0.15) is 10.4 Å². The van der Waals surface area contributed by atoms with E-state index in [2.05, 4.69) is 26.2 Å². The van der Waals surface area contributed by atoms with Crippen LogP contribution in [0.25, 0.3) is 10.9 Å². The van der Waals surface area contributed by atoms with Gasteiger partial charge in [0.05, 0.1) is 11.1 Å². The Bertz CT molecular complexity index is 833. The fraction of sp³-hybridized carbons (Fsp3) is 0. The van der Waals surface area contributed by atoms with E-state index in [-0.39, 0.29) is 5.56 Å². The number of hydrogen-bond donors (Lipinski definition) is 2. The molecule has 4 nitrogen and oxygen atoms in total. The predicted molar refractivity (Wildman–Crippen MR) is 86.1 cm³/mol. The Balaban J connectivity index is 2.02. The van der Waals surface area contributed by atoms with Gasteiger partial charge in [-0.1, -0.05) is 22.0 Å². The molecule has 0 fully saturated rings. The van der Waals surface area contributed by atoms with Crippen LogP contribution in [-0.4, -0.2) is 16.1 Å². The molecule has 0 radical (unpaired) electrons. The minimum atomic E-state index is -0.942. The van der Waals surface area contributed by atoms with Crippen molar-refractivity contribution in [3.05, 3.63) is 64.8 Å². The number of rotatable bonds is 3. The third-order valence-electron chi connectivity index (χ3n) is 3.09. The zero-order valence-corrected chi connectivity index (χ0v) is 12.5. The van der Waals surface area contributed by atoms with E-state index in [0.29, 0.717) is 0 Å². The molecule has 0 aliphatic carbocycles. The third-order valence-corrected chi connectivity index (χ3v) is 3.59. The molecule has 0 aliphatic heterocycles. The van der Waals surface area contributed by atoms with E-state index in [1.807, 2.05) is 30.3 Å². The van der Waals surface area contributed by atoms with Gasteiger partial charge in [-0.2, -0.15) is 0 Å². The van der Waals surface area contributed by atoms with Crippen molar-refractivity contribution >= 4 is 44.2 Å². The monoisotopic (exact) mass is 342 g/mol. The molecule has 1 aromatic heterocycles. The third kappa shape index (κ3) is 2.87. The largest absolute Gasteiger partial charge is 0.478 e. The number of nitrogens with zero attached hydrogens (tertiary/aromatic N) is 1. The molecule has 21 heavy (non-hydrogen) atoms. The van der Waals surface area contributed by atoms with Gasteiger partial charge >= 0.3 is 5.97 Å². The van der Waals surface area contributed by atoms with Gasteiger partial charge in [0.15, 0.2) is 0 Å². The van der Waals surface area contributed by atoms with E-state index in [1.54, 1.807) is 24.4 Å². The molecule has 0 amide bonds. The first-order valence-electron chi connectivity index (χ1n) is 6.28. The molecule has 2 aromatic carbocycles. The summed E-state index contributed by atoms with van der Waals surface area (Å²) in [6, 6.07) is 14.4. The number of anilines is 2. The maximum absolute atomic E-state index is 11.0. The second-order valence-corrected chi connectivity index (χ2v) is 5.45. The Labute approximate surface area is 129 Å². The number of aromatic carboxylic acids is 1. The number of benzene rings is 2. The highest BCUT2D eigenvalue weighted by Gasteiger charge is 2.06. The summed E-state index contributed by atoms with van der Waals surface area (Å²) in [5.74, 6) is -0.942. The van der Waals surface area contributed by atoms with Gasteiger partial charge in [0, 0.05) is 27.4 Å². The Morgan fingerprint density at radius 3 is 2.81 bits per heavy atom. The van der Waals surface area contributed by atoms with Crippen molar-refractivity contribution in [2.24, 2.45) is 0 Å². The lowest BCUT2D eigenvalue weighted by atomic mass is 10.1. The average molecular weight is 343 g/mol. The molecule has 0 atom stereocenters. The minimum Gasteiger partial charge on any atom is -0.478 e. The van der Waals surface area contributed by atoms with E-state index < -0.39 is 5.97 Å². The predicted octanol–water partition coefficient (Wildman–Crippen LogP) is 4.44. The van der Waals surface area contributed by atoms with Gasteiger partial charge in [-0.3, -0.25) is 4.98 Å². The molecular weight excluding hydrogens is 332 g/mol. The van der Waals surface area contributed by atoms with Crippen LogP contribution in [0.5, 0.6) is 0 Å². The molecule has 3 aromatic rings. The van der Waals surface area contributed by atoms with Crippen molar-refractivity contribution in [1.29, 1.82) is 0 Å². The van der Waals surface area contributed by atoms with E-state index in [1.165, 1.54) is 0 Å². The van der Waals surface area contributed by atoms with E-state index in [9.17, 15) is 4.79 Å². The summed E-state index contributed by atoms with van der Waals surface area (Å²) in [6.45, 7) is 0. The fourth-order valence-corrected chi connectivity index (χ4v) is 2.46. The van der Waals surface area contributed by atoms with Gasteiger partial charge in [-0.15, -0.1) is 0 Å². The molecule has 0 spiro atoms. The molecular formula is C16H11BrN2O2. The van der Waals surface area contributed by atoms with E-state index >= 15 is 0 Å². The zero-order valence-electron chi connectivity index (χ0n) is 10.9. The lowest BCUT2D eigenvalue weighted by Crippen LogP contribution is -1.98. The summed E-state index contributed by atoms with van der Waals surface area (Å²) in [5.41, 5.74) is 2.73. The summed E-state index contributed by atoms with van der Waals surface area (Å²) in [7, 11) is 0. The Kier molecular flexibility index (Phi) is 3.58. The molecule has 0 bridgehead atoms. The molecule has 2 N–H and O–H groups in total. The van der Waals surface area contributed by atoms with Crippen LogP contribution in [0.15, 0.2) is 59.2 Å². The van der Waals surface area contributed by atoms with Crippen molar-refractivity contribution < 1.29 is 9.90 Å². The summed E-state index contributed by atoms with van der Waals surface area (Å²) in [4.78, 5) is 15.3. The van der Waals surface area contributed by atoms with Crippen molar-refractivity contribution in [2.45, 2.75) is 0 Å². The standard InChI is InChI=1S/C16H11BrN2O2/c17-11-4-5-13-14(6-7-18-15(13)9-11)19-12-3-1-2-10(8-12)16(20)21/h1-9H,(H,18,19)(H,20,21). The molecule has 0 saturated heterocycles. The van der Waals surface area contributed by atoms with Gasteiger partial charge in [-0.05, 0) is 42.5 Å². The topological polar surface area (TPSA) is 62.2 Å². The van der Waals surface area contributed by atoms with E-state index in [0.717, 1.165) is 26.8 Å².